The molecule has 0 saturated heterocycles. The molecule has 0 aliphatic carbocycles. The average molecular weight is 288 g/mol. The maximum absolute atomic E-state index is 5.83. The highest BCUT2D eigenvalue weighted by Gasteiger charge is 1.94. The summed E-state index contributed by atoms with van der Waals surface area (Å²) in [6, 6.07) is 7.97. The van der Waals surface area contributed by atoms with Crippen LogP contribution in [0.5, 0.6) is 0 Å². The Labute approximate surface area is 119 Å². The molecule has 0 amide bonds. The van der Waals surface area contributed by atoms with Crippen LogP contribution in [0.1, 0.15) is 19.8 Å². The van der Waals surface area contributed by atoms with Gasteiger partial charge in [0.2, 0.25) is 0 Å². The average Bonchev–Trinajstić information content (AvgIpc) is 2.39. The second kappa shape index (κ2) is 10.7. The Morgan fingerprint density at radius 1 is 1.17 bits per heavy atom. The molecule has 0 aliphatic heterocycles. The zero-order chi connectivity index (χ0) is 13.1. The Balaban J connectivity index is 1.91. The lowest BCUT2D eigenvalue weighted by Crippen LogP contribution is -2.22. The van der Waals surface area contributed by atoms with Gasteiger partial charge in [-0.1, -0.05) is 24.9 Å². The van der Waals surface area contributed by atoms with Gasteiger partial charge < -0.3 is 10.1 Å². The van der Waals surface area contributed by atoms with E-state index >= 15 is 0 Å². The van der Waals surface area contributed by atoms with Gasteiger partial charge in [-0.15, -0.1) is 11.8 Å². The van der Waals surface area contributed by atoms with Crippen LogP contribution in [0, 0.1) is 0 Å². The van der Waals surface area contributed by atoms with E-state index < -0.39 is 0 Å². The van der Waals surface area contributed by atoms with Crippen LogP contribution in [-0.4, -0.2) is 32.1 Å². The van der Waals surface area contributed by atoms with Crippen LogP contribution in [-0.2, 0) is 4.74 Å². The van der Waals surface area contributed by atoms with Crippen LogP contribution in [0.2, 0.25) is 5.02 Å². The molecule has 1 aromatic carbocycles. The lowest BCUT2D eigenvalue weighted by Gasteiger charge is -2.06. The molecule has 0 atom stereocenters. The molecule has 0 unspecified atom stereocenters. The van der Waals surface area contributed by atoms with E-state index in [0.29, 0.717) is 0 Å². The Kier molecular flexibility index (Phi) is 9.40. The highest BCUT2D eigenvalue weighted by atomic mass is 35.5. The summed E-state index contributed by atoms with van der Waals surface area (Å²) in [5, 5.41) is 4.17. The minimum absolute atomic E-state index is 0.793. The van der Waals surface area contributed by atoms with E-state index in [2.05, 4.69) is 24.4 Å². The first-order valence-corrected chi connectivity index (χ1v) is 7.86. The van der Waals surface area contributed by atoms with Crippen molar-refractivity contribution in [3.63, 3.8) is 0 Å². The molecule has 1 N–H and O–H groups in total. The fraction of sp³-hybridized carbons (Fsp3) is 0.571. The molecule has 1 aromatic rings. The molecule has 0 saturated carbocycles. The third-order valence-electron chi connectivity index (χ3n) is 2.43. The number of rotatable bonds is 10. The van der Waals surface area contributed by atoms with E-state index in [4.69, 9.17) is 16.3 Å². The second-order valence-corrected chi connectivity index (χ2v) is 5.62. The summed E-state index contributed by atoms with van der Waals surface area (Å²) < 4.78 is 5.47. The summed E-state index contributed by atoms with van der Waals surface area (Å²) in [5.74, 6) is 1.07. The molecule has 0 radical (unpaired) electrons. The monoisotopic (exact) mass is 287 g/mol. The van der Waals surface area contributed by atoms with E-state index in [-0.39, 0.29) is 0 Å². The van der Waals surface area contributed by atoms with Crippen molar-refractivity contribution >= 4 is 23.4 Å². The highest BCUT2D eigenvalue weighted by molar-refractivity contribution is 7.99. The van der Waals surface area contributed by atoms with Crippen molar-refractivity contribution in [2.24, 2.45) is 0 Å². The quantitative estimate of drug-likeness (QED) is 0.522. The maximum Gasteiger partial charge on any atom is 0.0590 e. The SMILES string of the molecule is CCCCOCCNCCSc1ccc(Cl)cc1. The van der Waals surface area contributed by atoms with E-state index in [1.807, 2.05) is 23.9 Å². The molecule has 102 valence electrons. The number of nitrogens with one attached hydrogen (secondary N) is 1. The first kappa shape index (κ1) is 15.8. The number of unbranched alkanes of at least 4 members (excludes halogenated alkanes) is 1. The maximum atomic E-state index is 5.83. The third kappa shape index (κ3) is 7.98. The summed E-state index contributed by atoms with van der Waals surface area (Å²) in [7, 11) is 0. The van der Waals surface area contributed by atoms with E-state index in [1.165, 1.54) is 11.3 Å². The van der Waals surface area contributed by atoms with Gasteiger partial charge in [-0.05, 0) is 30.7 Å². The van der Waals surface area contributed by atoms with Crippen LogP contribution in [0.4, 0.5) is 0 Å². The first-order chi connectivity index (χ1) is 8.83. The van der Waals surface area contributed by atoms with Crippen molar-refractivity contribution in [3.05, 3.63) is 29.3 Å². The molecule has 0 spiro atoms. The van der Waals surface area contributed by atoms with Crippen molar-refractivity contribution in [3.8, 4) is 0 Å². The predicted molar refractivity (Wildman–Crippen MR) is 80.8 cm³/mol. The third-order valence-corrected chi connectivity index (χ3v) is 3.69. The molecule has 2 nitrogen and oxygen atoms in total. The fourth-order valence-corrected chi connectivity index (χ4v) is 2.33. The van der Waals surface area contributed by atoms with Crippen LogP contribution >= 0.6 is 23.4 Å². The molecule has 0 bridgehead atoms. The Hall–Kier alpha value is -0.220. The van der Waals surface area contributed by atoms with Gasteiger partial charge in [0.15, 0.2) is 0 Å². The topological polar surface area (TPSA) is 21.3 Å². The molecule has 1 rings (SSSR count). The predicted octanol–water partition coefficient (Wildman–Crippen LogP) is 3.84. The van der Waals surface area contributed by atoms with Crippen molar-refractivity contribution in [2.75, 3.05) is 32.1 Å². The smallest absolute Gasteiger partial charge is 0.0590 e. The van der Waals surface area contributed by atoms with Crippen molar-refractivity contribution < 1.29 is 4.74 Å². The number of hydrogen-bond donors (Lipinski definition) is 1. The van der Waals surface area contributed by atoms with Gasteiger partial charge in [0, 0.05) is 35.4 Å². The zero-order valence-corrected chi connectivity index (χ0v) is 12.5. The van der Waals surface area contributed by atoms with E-state index in [0.717, 1.165) is 43.5 Å². The minimum Gasteiger partial charge on any atom is -0.380 e. The molecule has 18 heavy (non-hydrogen) atoms. The highest BCUT2D eigenvalue weighted by Crippen LogP contribution is 2.19. The Morgan fingerprint density at radius 3 is 2.67 bits per heavy atom. The van der Waals surface area contributed by atoms with Gasteiger partial charge in [0.05, 0.1) is 6.61 Å². The van der Waals surface area contributed by atoms with Crippen molar-refractivity contribution in [1.82, 2.24) is 5.32 Å². The number of ether oxygens (including phenoxy) is 1. The second-order valence-electron chi connectivity index (χ2n) is 4.02. The molecule has 4 heteroatoms. The van der Waals surface area contributed by atoms with E-state index in [9.17, 15) is 0 Å². The summed E-state index contributed by atoms with van der Waals surface area (Å²) in [6.45, 7) is 5.81. The van der Waals surface area contributed by atoms with Crippen LogP contribution in [0.15, 0.2) is 29.2 Å². The van der Waals surface area contributed by atoms with Gasteiger partial charge in [-0.25, -0.2) is 0 Å². The van der Waals surface area contributed by atoms with Crippen LogP contribution < -0.4 is 5.32 Å². The first-order valence-electron chi connectivity index (χ1n) is 6.49. The van der Waals surface area contributed by atoms with Gasteiger partial charge in [0.1, 0.15) is 0 Å². The molecular formula is C14H22ClNOS. The Bertz CT molecular complexity index is 305. The minimum atomic E-state index is 0.793. The van der Waals surface area contributed by atoms with Crippen molar-refractivity contribution in [1.29, 1.82) is 0 Å². The summed E-state index contributed by atoms with van der Waals surface area (Å²) in [6.07, 6.45) is 2.36. The molecule has 0 aromatic heterocycles. The summed E-state index contributed by atoms with van der Waals surface area (Å²) in [5.41, 5.74) is 0. The zero-order valence-electron chi connectivity index (χ0n) is 11.0. The lowest BCUT2D eigenvalue weighted by atomic mass is 10.4. The number of benzene rings is 1. The lowest BCUT2D eigenvalue weighted by molar-refractivity contribution is 0.133. The van der Waals surface area contributed by atoms with Gasteiger partial charge in [-0.2, -0.15) is 0 Å². The molecule has 0 aliphatic rings. The fourth-order valence-electron chi connectivity index (χ4n) is 1.39. The van der Waals surface area contributed by atoms with Gasteiger partial charge in [-0.3, -0.25) is 0 Å². The molecule has 0 fully saturated rings. The standard InChI is InChI=1S/C14H22ClNOS/c1-2-3-10-17-11-8-16-9-12-18-14-6-4-13(15)5-7-14/h4-7,16H,2-3,8-12H2,1H3. The van der Waals surface area contributed by atoms with Gasteiger partial charge in [0.25, 0.3) is 0 Å². The van der Waals surface area contributed by atoms with Gasteiger partial charge >= 0.3 is 0 Å². The van der Waals surface area contributed by atoms with Crippen molar-refractivity contribution in [2.45, 2.75) is 24.7 Å². The molecular weight excluding hydrogens is 266 g/mol. The normalized spacial score (nSPS) is 10.8. The largest absolute Gasteiger partial charge is 0.380 e. The van der Waals surface area contributed by atoms with Crippen LogP contribution in [0.25, 0.3) is 0 Å². The number of thioether (sulfide) groups is 1. The van der Waals surface area contributed by atoms with Crippen LogP contribution in [0.3, 0.4) is 0 Å². The van der Waals surface area contributed by atoms with E-state index in [1.54, 1.807) is 0 Å². The molecule has 0 heterocycles. The summed E-state index contributed by atoms with van der Waals surface area (Å²) >= 11 is 7.67. The number of hydrogen-bond acceptors (Lipinski definition) is 3. The summed E-state index contributed by atoms with van der Waals surface area (Å²) in [4.78, 5) is 1.26. The number of halogens is 1. The Morgan fingerprint density at radius 2 is 1.94 bits per heavy atom.